The summed E-state index contributed by atoms with van der Waals surface area (Å²) in [5, 5.41) is 0. The first-order valence-corrected chi connectivity index (χ1v) is 10.6. The summed E-state index contributed by atoms with van der Waals surface area (Å²) in [4.78, 5) is 25.1. The Morgan fingerprint density at radius 1 is 1.21 bits per heavy atom. The molecule has 5 aliphatic rings. The summed E-state index contributed by atoms with van der Waals surface area (Å²) >= 11 is 0. The summed E-state index contributed by atoms with van der Waals surface area (Å²) < 4.78 is 22.5. The van der Waals surface area contributed by atoms with Crippen molar-refractivity contribution in [2.45, 2.75) is 51.1 Å². The Hall–Kier alpha value is -1.92. The molecule has 2 aliphatic heterocycles. The van der Waals surface area contributed by atoms with Gasteiger partial charge in [-0.3, -0.25) is 4.79 Å². The highest BCUT2D eigenvalue weighted by Gasteiger charge is 2.53. The molecule has 7 atom stereocenters. The summed E-state index contributed by atoms with van der Waals surface area (Å²) in [6.07, 6.45) is 10.5. The van der Waals surface area contributed by atoms with Gasteiger partial charge in [0.25, 0.3) is 0 Å². The second-order valence-electron chi connectivity index (χ2n) is 9.19. The molecule has 0 aromatic rings. The zero-order valence-electron chi connectivity index (χ0n) is 17.1. The van der Waals surface area contributed by atoms with Crippen LogP contribution in [0.1, 0.15) is 33.1 Å². The Balaban J connectivity index is 1.43. The third-order valence-corrected chi connectivity index (χ3v) is 7.25. The SMILES string of the molecule is COC(=O)[C@H]1CC=C[C@H]2[C@@H]1CCC1=C3C(=O)O[C@H]([C@H]4COC(C)(C)O4)[C@H]3C=C[C@H]12. The second-order valence-corrected chi connectivity index (χ2v) is 9.19. The van der Waals surface area contributed by atoms with Crippen LogP contribution in [0.25, 0.3) is 0 Å². The molecule has 0 N–H and O–H groups in total. The number of cyclic esters (lactones) is 1. The van der Waals surface area contributed by atoms with Gasteiger partial charge in [-0.1, -0.05) is 29.9 Å². The highest BCUT2D eigenvalue weighted by Crippen LogP contribution is 2.52. The molecular weight excluding hydrogens is 372 g/mol. The molecule has 29 heavy (non-hydrogen) atoms. The van der Waals surface area contributed by atoms with Crippen molar-refractivity contribution in [2.75, 3.05) is 13.7 Å². The lowest BCUT2D eigenvalue weighted by molar-refractivity contribution is -0.162. The van der Waals surface area contributed by atoms with Crippen molar-refractivity contribution in [3.8, 4) is 0 Å². The lowest BCUT2D eigenvalue weighted by Crippen LogP contribution is -2.40. The third-order valence-electron chi connectivity index (χ3n) is 7.25. The highest BCUT2D eigenvalue weighted by molar-refractivity contribution is 5.93. The summed E-state index contributed by atoms with van der Waals surface area (Å²) in [5.41, 5.74) is 1.99. The quantitative estimate of drug-likeness (QED) is 0.524. The molecule has 0 unspecified atom stereocenters. The number of carbonyl (C=O) groups excluding carboxylic acids is 2. The first-order valence-electron chi connectivity index (χ1n) is 10.6. The number of fused-ring (bicyclic) bond motifs is 4. The van der Waals surface area contributed by atoms with Crippen molar-refractivity contribution in [1.82, 2.24) is 0 Å². The van der Waals surface area contributed by atoms with Crippen molar-refractivity contribution in [3.05, 3.63) is 35.5 Å². The summed E-state index contributed by atoms with van der Waals surface area (Å²) in [5.74, 6) is -0.561. The largest absolute Gasteiger partial charge is 0.469 e. The van der Waals surface area contributed by atoms with Crippen LogP contribution in [-0.2, 0) is 28.5 Å². The van der Waals surface area contributed by atoms with Gasteiger partial charge in [0.05, 0.1) is 19.6 Å². The minimum atomic E-state index is -0.651. The van der Waals surface area contributed by atoms with Crippen molar-refractivity contribution in [2.24, 2.45) is 29.6 Å². The van der Waals surface area contributed by atoms with E-state index in [4.69, 9.17) is 18.9 Å². The van der Waals surface area contributed by atoms with Gasteiger partial charge in [-0.05, 0) is 44.9 Å². The first kappa shape index (κ1) is 19.1. The van der Waals surface area contributed by atoms with Crippen LogP contribution in [0.3, 0.4) is 0 Å². The normalized spacial score (nSPS) is 42.2. The molecule has 0 bridgehead atoms. The van der Waals surface area contributed by atoms with E-state index in [1.807, 2.05) is 13.8 Å². The Morgan fingerprint density at radius 2 is 2.00 bits per heavy atom. The van der Waals surface area contributed by atoms with E-state index in [0.29, 0.717) is 6.61 Å². The van der Waals surface area contributed by atoms with E-state index in [9.17, 15) is 9.59 Å². The van der Waals surface area contributed by atoms with E-state index in [2.05, 4.69) is 24.3 Å². The molecule has 6 heteroatoms. The fraction of sp³-hybridized carbons (Fsp3) is 0.652. The van der Waals surface area contributed by atoms with E-state index in [-0.39, 0.29) is 53.7 Å². The van der Waals surface area contributed by atoms with Crippen molar-refractivity contribution in [1.29, 1.82) is 0 Å². The van der Waals surface area contributed by atoms with E-state index in [1.165, 1.54) is 12.7 Å². The number of esters is 2. The average molecular weight is 400 g/mol. The maximum atomic E-state index is 12.9. The Bertz CT molecular complexity index is 821. The van der Waals surface area contributed by atoms with E-state index >= 15 is 0 Å². The van der Waals surface area contributed by atoms with Crippen molar-refractivity contribution < 1.29 is 28.5 Å². The predicted molar refractivity (Wildman–Crippen MR) is 103 cm³/mol. The molecule has 0 spiro atoms. The smallest absolute Gasteiger partial charge is 0.335 e. The van der Waals surface area contributed by atoms with Crippen molar-refractivity contribution >= 4 is 11.9 Å². The van der Waals surface area contributed by atoms with Crippen LogP contribution in [0.4, 0.5) is 0 Å². The zero-order valence-corrected chi connectivity index (χ0v) is 17.1. The molecule has 0 aromatic carbocycles. The number of ether oxygens (including phenoxy) is 4. The number of hydrogen-bond acceptors (Lipinski definition) is 6. The standard InChI is InChI=1S/C23H28O6/c1-23(2)27-11-18(29-23)20-17-10-8-13-12-5-4-6-16(21(24)26-3)14(12)7-9-15(13)19(17)22(25)28-20/h4-5,8,10,12-14,16-18,20H,6-7,9,11H2,1-3H3/t12-,13+,14+,16+,17+,18-,20+/m1/s1. The van der Waals surface area contributed by atoms with Gasteiger partial charge in [0.1, 0.15) is 12.2 Å². The van der Waals surface area contributed by atoms with Gasteiger partial charge in [0.2, 0.25) is 0 Å². The van der Waals surface area contributed by atoms with Crippen LogP contribution in [0.2, 0.25) is 0 Å². The lowest BCUT2D eigenvalue weighted by Gasteiger charge is -2.44. The van der Waals surface area contributed by atoms with Crippen LogP contribution in [0, 0.1) is 29.6 Å². The summed E-state index contributed by atoms with van der Waals surface area (Å²) in [7, 11) is 1.46. The fourth-order valence-electron chi connectivity index (χ4n) is 5.99. The zero-order chi connectivity index (χ0) is 20.3. The Morgan fingerprint density at radius 3 is 2.72 bits per heavy atom. The molecule has 0 aromatic heterocycles. The van der Waals surface area contributed by atoms with Crippen LogP contribution in [0.15, 0.2) is 35.5 Å². The van der Waals surface area contributed by atoms with Gasteiger partial charge in [0, 0.05) is 17.4 Å². The molecule has 2 saturated heterocycles. The predicted octanol–water partition coefficient (Wildman–Crippen LogP) is 2.94. The van der Waals surface area contributed by atoms with Gasteiger partial charge in [0.15, 0.2) is 5.79 Å². The molecule has 3 aliphatic carbocycles. The molecule has 2 heterocycles. The van der Waals surface area contributed by atoms with E-state index in [0.717, 1.165) is 24.8 Å². The van der Waals surface area contributed by atoms with E-state index < -0.39 is 5.79 Å². The average Bonchev–Trinajstić information content (AvgIpc) is 3.25. The second kappa shape index (κ2) is 6.81. The monoisotopic (exact) mass is 400 g/mol. The van der Waals surface area contributed by atoms with E-state index in [1.54, 1.807) is 0 Å². The maximum absolute atomic E-state index is 12.9. The Labute approximate surface area is 170 Å². The van der Waals surface area contributed by atoms with Gasteiger partial charge < -0.3 is 18.9 Å². The minimum absolute atomic E-state index is 0.0863. The fourth-order valence-corrected chi connectivity index (χ4v) is 5.99. The minimum Gasteiger partial charge on any atom is -0.469 e. The molecule has 156 valence electrons. The van der Waals surface area contributed by atoms with Crippen LogP contribution >= 0.6 is 0 Å². The number of carbonyl (C=O) groups is 2. The summed E-state index contributed by atoms with van der Waals surface area (Å²) in [6.45, 7) is 4.18. The molecule has 3 fully saturated rings. The molecule has 0 radical (unpaired) electrons. The number of hydrogen-bond donors (Lipinski definition) is 0. The number of allylic oxidation sites excluding steroid dienone is 4. The van der Waals surface area contributed by atoms with Gasteiger partial charge in [-0.2, -0.15) is 0 Å². The highest BCUT2D eigenvalue weighted by atomic mass is 16.8. The molecular formula is C23H28O6. The lowest BCUT2D eigenvalue weighted by atomic mass is 9.59. The molecule has 1 saturated carbocycles. The number of rotatable bonds is 2. The molecule has 5 rings (SSSR count). The van der Waals surface area contributed by atoms with Gasteiger partial charge >= 0.3 is 11.9 Å². The van der Waals surface area contributed by atoms with Crippen molar-refractivity contribution in [3.63, 3.8) is 0 Å². The Kier molecular flexibility index (Phi) is 4.48. The first-order chi connectivity index (χ1) is 13.9. The molecule has 6 nitrogen and oxygen atoms in total. The van der Waals surface area contributed by atoms with Crippen LogP contribution in [0.5, 0.6) is 0 Å². The van der Waals surface area contributed by atoms with Gasteiger partial charge in [-0.15, -0.1) is 0 Å². The number of methoxy groups -OCH3 is 1. The molecule has 0 amide bonds. The topological polar surface area (TPSA) is 71.1 Å². The third kappa shape index (κ3) is 2.99. The summed E-state index contributed by atoms with van der Waals surface area (Å²) in [6, 6.07) is 0. The maximum Gasteiger partial charge on any atom is 0.335 e. The van der Waals surface area contributed by atoms with Crippen LogP contribution < -0.4 is 0 Å². The van der Waals surface area contributed by atoms with Crippen LogP contribution in [-0.4, -0.2) is 43.7 Å². The van der Waals surface area contributed by atoms with Gasteiger partial charge in [-0.25, -0.2) is 4.79 Å².